The third kappa shape index (κ3) is 12.9. The fourth-order valence-electron chi connectivity index (χ4n) is 6.65. The number of aromatic carboxylic acids is 1. The molecule has 0 bridgehead atoms. The van der Waals surface area contributed by atoms with Gasteiger partial charge in [-0.3, -0.25) is 23.8 Å². The van der Waals surface area contributed by atoms with Gasteiger partial charge in [-0.05, 0) is 112 Å². The molecule has 69 heavy (non-hydrogen) atoms. The predicted molar refractivity (Wildman–Crippen MR) is 259 cm³/mol. The third-order valence-corrected chi connectivity index (χ3v) is 11.6. The van der Waals surface area contributed by atoms with Gasteiger partial charge in [-0.2, -0.15) is 36.5 Å². The third-order valence-electron chi connectivity index (χ3n) is 9.90. The van der Waals surface area contributed by atoms with Gasteiger partial charge in [-0.15, -0.1) is 0 Å². The number of H-pyrrole nitrogens is 1. The van der Waals surface area contributed by atoms with Gasteiger partial charge >= 0.3 is 12.1 Å². The quantitative estimate of drug-likeness (QED) is 0.0511. The summed E-state index contributed by atoms with van der Waals surface area (Å²) in [5.74, 6) is -1.87. The van der Waals surface area contributed by atoms with Crippen LogP contribution >= 0.6 is 0 Å². The standard InChI is InChI=1S/C26H20N4O10S2.C24H18.CO2/c31-24-17(16-27-29(24)18-8-12-20(13-9-18)41(35,36)37)6-4-2-1-3-5-7-22-23(26(33)34)28-30(25(22)32)19-10-14-21(15-11-19)42(38,39)40;1-4-10-19(11-5-1)22-16-23(20-12-6-2-7-13-20)18-24(17-22)21-14-8-3-9-15-21;2-1-3/h1-16,28H,(H,33,34)(H,35,36,37)(H,38,39,40);1-18H;/b3-1+,4-2+,7-5+,17-6-;;. The fraction of sp³-hybridized carbons (Fsp3) is 0. The summed E-state index contributed by atoms with van der Waals surface area (Å²) in [4.78, 5) is 52.6. The van der Waals surface area contributed by atoms with Crippen molar-refractivity contribution in [2.75, 3.05) is 5.01 Å². The van der Waals surface area contributed by atoms with E-state index in [-0.39, 0.29) is 27.9 Å². The van der Waals surface area contributed by atoms with Crippen LogP contribution in [-0.4, -0.2) is 65.1 Å². The number of carbonyl (C=O) groups excluding carboxylic acids is 3. The van der Waals surface area contributed by atoms with Crippen molar-refractivity contribution in [3.63, 3.8) is 0 Å². The number of nitrogens with one attached hydrogen (secondary N) is 1. The predicted octanol–water partition coefficient (Wildman–Crippen LogP) is 8.55. The number of aromatic amines is 1. The zero-order valence-electron chi connectivity index (χ0n) is 35.8. The number of anilines is 1. The van der Waals surface area contributed by atoms with Crippen molar-refractivity contribution in [1.29, 1.82) is 0 Å². The molecule has 7 aromatic rings. The molecule has 8 rings (SSSR count). The van der Waals surface area contributed by atoms with Crippen LogP contribution in [0.3, 0.4) is 0 Å². The molecule has 346 valence electrons. The van der Waals surface area contributed by atoms with Crippen molar-refractivity contribution in [1.82, 2.24) is 9.78 Å². The molecule has 0 spiro atoms. The topological polar surface area (TPSA) is 251 Å². The number of amides is 1. The summed E-state index contributed by atoms with van der Waals surface area (Å²) in [6.07, 6.45) is 11.9. The minimum absolute atomic E-state index is 0.139. The van der Waals surface area contributed by atoms with Gasteiger partial charge in [0.25, 0.3) is 31.7 Å². The fourth-order valence-corrected chi connectivity index (χ4v) is 7.61. The second-order valence-corrected chi connectivity index (χ2v) is 17.2. The lowest BCUT2D eigenvalue weighted by atomic mass is 9.93. The Kier molecular flexibility index (Phi) is 16.2. The smallest absolute Gasteiger partial charge is 0.373 e. The minimum atomic E-state index is -4.45. The van der Waals surface area contributed by atoms with Gasteiger partial charge in [-0.1, -0.05) is 121 Å². The first-order chi connectivity index (χ1) is 33.1. The van der Waals surface area contributed by atoms with E-state index in [2.05, 4.69) is 119 Å². The van der Waals surface area contributed by atoms with Crippen LogP contribution in [0.15, 0.2) is 219 Å². The van der Waals surface area contributed by atoms with Gasteiger partial charge in [0.05, 0.1) is 38.5 Å². The Bertz CT molecular complexity index is 3310. The van der Waals surface area contributed by atoms with Crippen molar-refractivity contribution >= 4 is 56.2 Å². The number of aromatic nitrogens is 2. The summed E-state index contributed by atoms with van der Waals surface area (Å²) in [6, 6.07) is 48.0. The van der Waals surface area contributed by atoms with Crippen LogP contribution in [-0.2, 0) is 34.6 Å². The van der Waals surface area contributed by atoms with Gasteiger partial charge in [0.2, 0.25) is 0 Å². The number of carboxylic acid groups (broad SMARTS) is 1. The molecular formula is C51H38N4O12S2. The molecule has 18 heteroatoms. The largest absolute Gasteiger partial charge is 0.477 e. The Labute approximate surface area is 394 Å². The van der Waals surface area contributed by atoms with E-state index in [4.69, 9.17) is 18.7 Å². The summed E-state index contributed by atoms with van der Waals surface area (Å²) in [6.45, 7) is 0. The molecule has 2 heterocycles. The van der Waals surface area contributed by atoms with E-state index in [9.17, 15) is 36.3 Å². The van der Waals surface area contributed by atoms with Crippen molar-refractivity contribution in [2.24, 2.45) is 5.10 Å². The normalized spacial score (nSPS) is 13.0. The van der Waals surface area contributed by atoms with E-state index in [1.54, 1.807) is 12.2 Å². The van der Waals surface area contributed by atoms with E-state index in [1.165, 1.54) is 94.2 Å². The van der Waals surface area contributed by atoms with Crippen LogP contribution < -0.4 is 10.6 Å². The SMILES string of the molecule is O=C(O)c1[nH]n(-c2ccc(S(=O)(=O)O)cc2)c(=O)c1/C=C/C=C/C=C/C=C1/C=NN(c2ccc(S(=O)(=O)O)cc2)C1=O.O=C=O.c1ccc(-c2cc(-c3ccccc3)cc(-c3ccccc3)c2)cc1. The summed E-state index contributed by atoms with van der Waals surface area (Å²) < 4.78 is 63.9. The Morgan fingerprint density at radius 1 is 0.565 bits per heavy atom. The van der Waals surface area contributed by atoms with Crippen LogP contribution in [0.1, 0.15) is 16.1 Å². The molecular weight excluding hydrogens is 925 g/mol. The van der Waals surface area contributed by atoms with E-state index in [1.807, 2.05) is 0 Å². The number of allylic oxidation sites excluding steroid dienone is 6. The van der Waals surface area contributed by atoms with Crippen molar-refractivity contribution in [3.8, 4) is 39.1 Å². The second kappa shape index (κ2) is 22.5. The molecule has 0 saturated carbocycles. The zero-order valence-corrected chi connectivity index (χ0v) is 37.4. The number of carboxylic acids is 1. The maximum atomic E-state index is 12.8. The van der Waals surface area contributed by atoms with Crippen molar-refractivity contribution in [2.45, 2.75) is 9.79 Å². The van der Waals surface area contributed by atoms with Crippen molar-refractivity contribution in [3.05, 3.63) is 221 Å². The highest BCUT2D eigenvalue weighted by atomic mass is 32.2. The molecule has 6 aromatic carbocycles. The van der Waals surface area contributed by atoms with Gasteiger partial charge in [0.1, 0.15) is 0 Å². The lowest BCUT2D eigenvalue weighted by Crippen LogP contribution is -2.21. The molecule has 1 aliphatic heterocycles. The molecule has 1 amide bonds. The Balaban J connectivity index is 0.000000243. The second-order valence-electron chi connectivity index (χ2n) is 14.4. The van der Waals surface area contributed by atoms with Crippen LogP contribution in [0.4, 0.5) is 5.69 Å². The summed E-state index contributed by atoms with van der Waals surface area (Å²) in [5.41, 5.74) is 6.84. The number of benzene rings is 6. The number of hydrogen-bond donors (Lipinski definition) is 4. The monoisotopic (exact) mass is 962 g/mol. The molecule has 16 nitrogen and oxygen atoms in total. The zero-order chi connectivity index (χ0) is 49.6. The molecule has 0 fully saturated rings. The summed E-state index contributed by atoms with van der Waals surface area (Å²) >= 11 is 0. The first-order valence-electron chi connectivity index (χ1n) is 20.2. The van der Waals surface area contributed by atoms with Gasteiger partial charge in [0.15, 0.2) is 5.69 Å². The van der Waals surface area contributed by atoms with Crippen LogP contribution in [0.25, 0.3) is 45.1 Å². The maximum absolute atomic E-state index is 12.8. The lowest BCUT2D eigenvalue weighted by molar-refractivity contribution is -0.191. The average molecular weight is 963 g/mol. The first-order valence-corrected chi connectivity index (χ1v) is 23.1. The average Bonchev–Trinajstić information content (AvgIpc) is 3.89. The van der Waals surface area contributed by atoms with Gasteiger partial charge in [0, 0.05) is 0 Å². The number of hydrogen-bond acceptors (Lipinski definition) is 10. The molecule has 0 saturated heterocycles. The van der Waals surface area contributed by atoms with E-state index in [0.717, 1.165) is 34.0 Å². The van der Waals surface area contributed by atoms with Crippen molar-refractivity contribution < 1.29 is 50.2 Å². The number of hydrazone groups is 1. The highest BCUT2D eigenvalue weighted by molar-refractivity contribution is 7.86. The Hall–Kier alpha value is -8.90. The molecule has 0 unspecified atom stereocenters. The van der Waals surface area contributed by atoms with Crippen LogP contribution in [0.5, 0.6) is 0 Å². The number of nitrogens with zero attached hydrogens (tertiary/aromatic N) is 3. The molecule has 0 atom stereocenters. The first kappa shape index (κ1) is 49.5. The molecule has 0 radical (unpaired) electrons. The molecule has 4 N–H and O–H groups in total. The molecule has 1 aliphatic rings. The number of carbonyl (C=O) groups is 2. The molecule has 0 aliphatic carbocycles. The van der Waals surface area contributed by atoms with Gasteiger partial charge in [-0.25, -0.2) is 9.48 Å². The molecule has 1 aromatic heterocycles. The highest BCUT2D eigenvalue weighted by Crippen LogP contribution is 2.33. The van der Waals surface area contributed by atoms with Crippen LogP contribution in [0, 0.1) is 0 Å². The maximum Gasteiger partial charge on any atom is 0.373 e. The van der Waals surface area contributed by atoms with E-state index < -0.39 is 48.3 Å². The Morgan fingerprint density at radius 2 is 0.971 bits per heavy atom. The minimum Gasteiger partial charge on any atom is -0.477 e. The lowest BCUT2D eigenvalue weighted by Gasteiger charge is -2.11. The van der Waals surface area contributed by atoms with E-state index >= 15 is 0 Å². The van der Waals surface area contributed by atoms with Gasteiger partial charge < -0.3 is 5.11 Å². The Morgan fingerprint density at radius 3 is 1.39 bits per heavy atom. The van der Waals surface area contributed by atoms with E-state index in [0.29, 0.717) is 5.69 Å². The van der Waals surface area contributed by atoms with Crippen LogP contribution in [0.2, 0.25) is 0 Å². The highest BCUT2D eigenvalue weighted by Gasteiger charge is 2.24. The number of rotatable bonds is 12. The summed E-state index contributed by atoms with van der Waals surface area (Å²) in [7, 11) is -8.82. The summed E-state index contributed by atoms with van der Waals surface area (Å²) in [5, 5.41) is 17.0.